The minimum absolute atomic E-state index is 0.261. The molecule has 19 heavy (non-hydrogen) atoms. The summed E-state index contributed by atoms with van der Waals surface area (Å²) in [5, 5.41) is 7.86. The van der Waals surface area contributed by atoms with Crippen molar-refractivity contribution in [2.75, 3.05) is 6.54 Å². The van der Waals surface area contributed by atoms with Crippen molar-refractivity contribution in [2.24, 2.45) is 7.05 Å². The molecule has 2 aromatic rings. The zero-order chi connectivity index (χ0) is 13.9. The molecule has 104 valence electrons. The molecule has 0 bridgehead atoms. The van der Waals surface area contributed by atoms with E-state index in [0.29, 0.717) is 0 Å². The molecule has 3 nitrogen and oxygen atoms in total. The molecule has 2 rings (SSSR count). The van der Waals surface area contributed by atoms with Crippen LogP contribution in [0.5, 0.6) is 0 Å². The van der Waals surface area contributed by atoms with E-state index in [1.165, 1.54) is 9.75 Å². The molecule has 2 aromatic heterocycles. The van der Waals surface area contributed by atoms with E-state index in [4.69, 9.17) is 0 Å². The summed E-state index contributed by atoms with van der Waals surface area (Å²) in [4.78, 5) is 2.86. The second kappa shape index (κ2) is 5.88. The Morgan fingerprint density at radius 2 is 2.05 bits per heavy atom. The summed E-state index contributed by atoms with van der Waals surface area (Å²) >= 11 is 1.91. The Morgan fingerprint density at radius 3 is 2.63 bits per heavy atom. The van der Waals surface area contributed by atoms with Gasteiger partial charge in [0, 0.05) is 42.5 Å². The van der Waals surface area contributed by atoms with Gasteiger partial charge in [0.2, 0.25) is 0 Å². The van der Waals surface area contributed by atoms with Crippen LogP contribution in [0.15, 0.2) is 24.4 Å². The number of aryl methyl sites for hydroxylation is 1. The van der Waals surface area contributed by atoms with E-state index in [1.54, 1.807) is 0 Å². The summed E-state index contributed by atoms with van der Waals surface area (Å²) in [6, 6.07) is 6.56. The SMILES string of the molecule is Cn1ccc(CCNCc2ccc(C(C)(C)C)s2)n1. The Kier molecular flexibility index (Phi) is 4.42. The fourth-order valence-electron chi connectivity index (χ4n) is 1.90. The summed E-state index contributed by atoms with van der Waals surface area (Å²) in [5.41, 5.74) is 1.41. The Morgan fingerprint density at radius 1 is 1.26 bits per heavy atom. The first-order valence-corrected chi connectivity index (χ1v) is 7.55. The van der Waals surface area contributed by atoms with Crippen LogP contribution in [0.4, 0.5) is 0 Å². The monoisotopic (exact) mass is 277 g/mol. The van der Waals surface area contributed by atoms with Gasteiger partial charge in [0.1, 0.15) is 0 Å². The molecule has 0 fully saturated rings. The third-order valence-electron chi connectivity index (χ3n) is 3.03. The fraction of sp³-hybridized carbons (Fsp3) is 0.533. The minimum atomic E-state index is 0.261. The maximum absolute atomic E-state index is 4.37. The lowest BCUT2D eigenvalue weighted by Crippen LogP contribution is -2.16. The van der Waals surface area contributed by atoms with Gasteiger partial charge in [-0.3, -0.25) is 4.68 Å². The highest BCUT2D eigenvalue weighted by Gasteiger charge is 2.15. The van der Waals surface area contributed by atoms with E-state index in [-0.39, 0.29) is 5.41 Å². The van der Waals surface area contributed by atoms with Crippen LogP contribution in [0, 0.1) is 0 Å². The van der Waals surface area contributed by atoms with E-state index >= 15 is 0 Å². The summed E-state index contributed by atoms with van der Waals surface area (Å²) in [7, 11) is 1.95. The number of nitrogens with one attached hydrogen (secondary N) is 1. The van der Waals surface area contributed by atoms with Crippen molar-refractivity contribution in [1.82, 2.24) is 15.1 Å². The first kappa shape index (κ1) is 14.3. The highest BCUT2D eigenvalue weighted by atomic mass is 32.1. The van der Waals surface area contributed by atoms with Crippen LogP contribution in [-0.4, -0.2) is 16.3 Å². The molecule has 0 saturated carbocycles. The largest absolute Gasteiger partial charge is 0.311 e. The molecule has 0 aromatic carbocycles. The lowest BCUT2D eigenvalue weighted by atomic mass is 9.95. The molecule has 0 aliphatic heterocycles. The lowest BCUT2D eigenvalue weighted by molar-refractivity contribution is 0.604. The minimum Gasteiger partial charge on any atom is -0.311 e. The van der Waals surface area contributed by atoms with Gasteiger partial charge >= 0.3 is 0 Å². The zero-order valence-corrected chi connectivity index (χ0v) is 13.0. The number of hydrogen-bond acceptors (Lipinski definition) is 3. The van der Waals surface area contributed by atoms with Crippen LogP contribution < -0.4 is 5.32 Å². The first-order valence-electron chi connectivity index (χ1n) is 6.73. The van der Waals surface area contributed by atoms with Gasteiger partial charge in [-0.25, -0.2) is 0 Å². The summed E-state index contributed by atoms with van der Waals surface area (Å²) < 4.78 is 1.85. The van der Waals surface area contributed by atoms with Gasteiger partial charge in [-0.15, -0.1) is 11.3 Å². The van der Waals surface area contributed by atoms with Crippen molar-refractivity contribution in [2.45, 2.75) is 39.2 Å². The zero-order valence-electron chi connectivity index (χ0n) is 12.2. The van der Waals surface area contributed by atoms with Gasteiger partial charge < -0.3 is 5.32 Å². The van der Waals surface area contributed by atoms with Crippen molar-refractivity contribution >= 4 is 11.3 Å². The van der Waals surface area contributed by atoms with E-state index in [0.717, 1.165) is 25.2 Å². The normalized spacial score (nSPS) is 12.0. The highest BCUT2D eigenvalue weighted by molar-refractivity contribution is 7.12. The predicted octanol–water partition coefficient (Wildman–Crippen LogP) is 3.11. The number of thiophene rings is 1. The maximum Gasteiger partial charge on any atom is 0.0637 e. The average Bonchev–Trinajstić information content (AvgIpc) is 2.93. The van der Waals surface area contributed by atoms with Gasteiger partial charge in [-0.2, -0.15) is 5.10 Å². The molecule has 0 unspecified atom stereocenters. The van der Waals surface area contributed by atoms with Gasteiger partial charge in [0.25, 0.3) is 0 Å². The van der Waals surface area contributed by atoms with Crippen molar-refractivity contribution in [1.29, 1.82) is 0 Å². The molecule has 0 aliphatic carbocycles. The molecular formula is C15H23N3S. The second-order valence-electron chi connectivity index (χ2n) is 5.92. The molecule has 4 heteroatoms. The van der Waals surface area contributed by atoms with Crippen molar-refractivity contribution < 1.29 is 0 Å². The Hall–Kier alpha value is -1.13. The van der Waals surface area contributed by atoms with Crippen LogP contribution in [0.3, 0.4) is 0 Å². The molecule has 2 heterocycles. The third-order valence-corrected chi connectivity index (χ3v) is 4.54. The first-order chi connectivity index (χ1) is 8.95. The lowest BCUT2D eigenvalue weighted by Gasteiger charge is -2.15. The molecular weight excluding hydrogens is 254 g/mol. The number of hydrogen-bond donors (Lipinski definition) is 1. The van der Waals surface area contributed by atoms with E-state index in [9.17, 15) is 0 Å². The van der Waals surface area contributed by atoms with Crippen molar-refractivity contribution in [3.05, 3.63) is 39.8 Å². The third kappa shape index (κ3) is 4.18. The topological polar surface area (TPSA) is 29.9 Å². The fourth-order valence-corrected chi connectivity index (χ4v) is 2.94. The smallest absolute Gasteiger partial charge is 0.0637 e. The van der Waals surface area contributed by atoms with E-state index in [1.807, 2.05) is 29.3 Å². The number of aromatic nitrogens is 2. The van der Waals surface area contributed by atoms with Gasteiger partial charge in [-0.05, 0) is 23.6 Å². The molecule has 0 aliphatic rings. The molecule has 0 spiro atoms. The Bertz CT molecular complexity index is 519. The maximum atomic E-state index is 4.37. The quantitative estimate of drug-likeness (QED) is 0.851. The molecule has 0 saturated heterocycles. The van der Waals surface area contributed by atoms with Crippen LogP contribution >= 0.6 is 11.3 Å². The van der Waals surface area contributed by atoms with Gasteiger partial charge in [0.05, 0.1) is 5.69 Å². The van der Waals surface area contributed by atoms with Crippen molar-refractivity contribution in [3.63, 3.8) is 0 Å². The van der Waals surface area contributed by atoms with Crippen molar-refractivity contribution in [3.8, 4) is 0 Å². The summed E-state index contributed by atoms with van der Waals surface area (Å²) in [5.74, 6) is 0. The standard InChI is InChI=1S/C15H23N3S/c1-15(2,3)14-6-5-13(19-14)11-16-9-7-12-8-10-18(4)17-12/h5-6,8,10,16H,7,9,11H2,1-4H3. The van der Waals surface area contributed by atoms with E-state index < -0.39 is 0 Å². The Balaban J connectivity index is 1.75. The van der Waals surface area contributed by atoms with Gasteiger partial charge in [0.15, 0.2) is 0 Å². The predicted molar refractivity (Wildman–Crippen MR) is 81.6 cm³/mol. The number of nitrogens with zero attached hydrogens (tertiary/aromatic N) is 2. The second-order valence-corrected chi connectivity index (χ2v) is 7.09. The molecule has 0 atom stereocenters. The Labute approximate surface area is 119 Å². The van der Waals surface area contributed by atoms with Crippen LogP contribution in [0.2, 0.25) is 0 Å². The van der Waals surface area contributed by atoms with Crippen LogP contribution in [0.1, 0.15) is 36.2 Å². The average molecular weight is 277 g/mol. The van der Waals surface area contributed by atoms with Crippen LogP contribution in [0.25, 0.3) is 0 Å². The number of rotatable bonds is 5. The molecule has 1 N–H and O–H groups in total. The van der Waals surface area contributed by atoms with Gasteiger partial charge in [-0.1, -0.05) is 20.8 Å². The van der Waals surface area contributed by atoms with Crippen LogP contribution in [-0.2, 0) is 25.4 Å². The highest BCUT2D eigenvalue weighted by Crippen LogP contribution is 2.29. The molecule has 0 amide bonds. The summed E-state index contributed by atoms with van der Waals surface area (Å²) in [6.45, 7) is 8.71. The van der Waals surface area contributed by atoms with E-state index in [2.05, 4.69) is 49.4 Å². The summed E-state index contributed by atoms with van der Waals surface area (Å²) in [6.07, 6.45) is 2.97. The molecule has 0 radical (unpaired) electrons.